The molecule has 1 aliphatic heterocycles. The van der Waals surface area contributed by atoms with Gasteiger partial charge in [-0.05, 0) is 48.9 Å². The van der Waals surface area contributed by atoms with E-state index in [0.29, 0.717) is 5.92 Å². The van der Waals surface area contributed by atoms with Gasteiger partial charge in [0.2, 0.25) is 0 Å². The Morgan fingerprint density at radius 1 is 1.37 bits per heavy atom. The molecule has 2 unspecified atom stereocenters. The molecule has 4 rings (SSSR count). The summed E-state index contributed by atoms with van der Waals surface area (Å²) in [6, 6.07) is 6.04. The number of benzene rings is 1. The predicted octanol–water partition coefficient (Wildman–Crippen LogP) is 3.31. The van der Waals surface area contributed by atoms with Crippen LogP contribution in [0.2, 0.25) is 0 Å². The molecule has 2 atom stereocenters. The minimum atomic E-state index is 0.656. The highest BCUT2D eigenvalue weighted by Crippen LogP contribution is 2.44. The van der Waals surface area contributed by atoms with E-state index in [-0.39, 0.29) is 0 Å². The van der Waals surface area contributed by atoms with E-state index in [9.17, 15) is 0 Å². The second-order valence-corrected chi connectivity index (χ2v) is 5.99. The summed E-state index contributed by atoms with van der Waals surface area (Å²) in [5.41, 5.74) is 4.87. The largest absolute Gasteiger partial charge is 0.358 e. The molecule has 0 radical (unpaired) electrons. The maximum absolute atomic E-state index is 7.20. The molecule has 0 spiro atoms. The van der Waals surface area contributed by atoms with E-state index >= 15 is 0 Å². The van der Waals surface area contributed by atoms with Gasteiger partial charge in [0, 0.05) is 30.2 Å². The number of nitrogens with zero attached hydrogens (tertiary/aromatic N) is 2. The van der Waals surface area contributed by atoms with Gasteiger partial charge in [0.05, 0.1) is 6.57 Å². The molecule has 19 heavy (non-hydrogen) atoms. The van der Waals surface area contributed by atoms with Gasteiger partial charge in [0.15, 0.2) is 5.69 Å². The number of likely N-dealkylation sites (tertiary alicyclic amines) is 1. The Hall–Kier alpha value is -1.79. The first-order valence-corrected chi connectivity index (χ1v) is 6.97. The lowest BCUT2D eigenvalue weighted by atomic mass is 9.79. The average molecular weight is 251 g/mol. The first-order valence-electron chi connectivity index (χ1n) is 6.97. The molecular weight excluding hydrogens is 234 g/mol. The van der Waals surface area contributed by atoms with Crippen molar-refractivity contribution < 1.29 is 0 Å². The smallest absolute Gasteiger partial charge is 0.187 e. The number of rotatable bonds is 0. The fourth-order valence-corrected chi connectivity index (χ4v) is 3.98. The Labute approximate surface area is 113 Å². The van der Waals surface area contributed by atoms with E-state index in [2.05, 4.69) is 33.9 Å². The first-order chi connectivity index (χ1) is 9.26. The van der Waals surface area contributed by atoms with Gasteiger partial charge in [-0.25, -0.2) is 4.85 Å². The lowest BCUT2D eigenvalue weighted by Crippen LogP contribution is -2.18. The summed E-state index contributed by atoms with van der Waals surface area (Å²) in [6.07, 6.45) is 2.46. The molecule has 1 aliphatic carbocycles. The minimum absolute atomic E-state index is 0.656. The lowest BCUT2D eigenvalue weighted by Gasteiger charge is -2.25. The summed E-state index contributed by atoms with van der Waals surface area (Å²) in [4.78, 5) is 9.60. The van der Waals surface area contributed by atoms with Gasteiger partial charge < -0.3 is 9.88 Å². The minimum Gasteiger partial charge on any atom is -0.358 e. The summed E-state index contributed by atoms with van der Waals surface area (Å²) in [5, 5.41) is 1.29. The van der Waals surface area contributed by atoms with Crippen LogP contribution in [0.1, 0.15) is 23.6 Å². The van der Waals surface area contributed by atoms with Gasteiger partial charge in [-0.15, -0.1) is 0 Å². The third-order valence-electron chi connectivity index (χ3n) is 4.79. The van der Waals surface area contributed by atoms with E-state index in [1.807, 2.05) is 6.07 Å². The molecule has 1 aromatic heterocycles. The molecule has 2 heterocycles. The summed E-state index contributed by atoms with van der Waals surface area (Å²) in [6.45, 7) is 9.58. The summed E-state index contributed by atoms with van der Waals surface area (Å²) in [5.74, 6) is 1.46. The van der Waals surface area contributed by atoms with E-state index < -0.39 is 0 Å². The standard InChI is InChI=1S/C16H17N3/c1-17-11-4-6-14-12(7-11)16-13-9-19(2)8-10(13)3-5-15(16)18-14/h4,6-7,10,13,18H,3,5,8-9H2,2H3. The van der Waals surface area contributed by atoms with Crippen LogP contribution in [0.3, 0.4) is 0 Å². The zero-order chi connectivity index (χ0) is 13.0. The van der Waals surface area contributed by atoms with Gasteiger partial charge in [-0.1, -0.05) is 6.07 Å². The van der Waals surface area contributed by atoms with Crippen LogP contribution in [0.4, 0.5) is 5.69 Å². The van der Waals surface area contributed by atoms with Crippen molar-refractivity contribution in [3.05, 3.63) is 40.9 Å². The third kappa shape index (κ3) is 1.53. The Morgan fingerprint density at radius 2 is 2.26 bits per heavy atom. The van der Waals surface area contributed by atoms with Crippen molar-refractivity contribution in [1.82, 2.24) is 9.88 Å². The molecule has 1 N–H and O–H groups in total. The maximum Gasteiger partial charge on any atom is 0.187 e. The first kappa shape index (κ1) is 11.1. The number of fused-ring (bicyclic) bond motifs is 5. The number of likely N-dealkylation sites (N-methyl/N-ethyl adjacent to an activating group) is 1. The topological polar surface area (TPSA) is 23.4 Å². The Bertz CT molecular complexity index is 692. The second kappa shape index (κ2) is 3.85. The molecule has 1 aromatic carbocycles. The molecule has 0 bridgehead atoms. The van der Waals surface area contributed by atoms with Crippen LogP contribution in [0.5, 0.6) is 0 Å². The summed E-state index contributed by atoms with van der Waals surface area (Å²) in [7, 11) is 2.22. The van der Waals surface area contributed by atoms with Crippen molar-refractivity contribution in [3.8, 4) is 0 Å². The van der Waals surface area contributed by atoms with E-state index in [4.69, 9.17) is 6.57 Å². The van der Waals surface area contributed by atoms with Crippen molar-refractivity contribution in [1.29, 1.82) is 0 Å². The zero-order valence-corrected chi connectivity index (χ0v) is 11.1. The number of aromatic nitrogens is 1. The molecule has 2 aliphatic rings. The lowest BCUT2D eigenvalue weighted by molar-refractivity contribution is 0.386. The number of hydrogen-bond acceptors (Lipinski definition) is 1. The fraction of sp³-hybridized carbons (Fsp3) is 0.438. The van der Waals surface area contributed by atoms with Crippen LogP contribution in [-0.4, -0.2) is 30.0 Å². The zero-order valence-electron chi connectivity index (χ0n) is 11.1. The molecule has 3 heteroatoms. The Balaban J connectivity index is 1.94. The SMILES string of the molecule is [C-]#[N+]c1ccc2[nH]c3c(c2c1)C1CN(C)CC1CC3. The predicted molar refractivity (Wildman–Crippen MR) is 76.6 cm³/mol. The van der Waals surface area contributed by atoms with Crippen LogP contribution < -0.4 is 0 Å². The molecule has 0 amide bonds. The monoisotopic (exact) mass is 251 g/mol. The van der Waals surface area contributed by atoms with Crippen molar-refractivity contribution in [2.45, 2.75) is 18.8 Å². The second-order valence-electron chi connectivity index (χ2n) is 5.99. The summed E-state index contributed by atoms with van der Waals surface area (Å²) >= 11 is 0. The average Bonchev–Trinajstić information content (AvgIpc) is 2.96. The van der Waals surface area contributed by atoms with Crippen LogP contribution >= 0.6 is 0 Å². The van der Waals surface area contributed by atoms with Gasteiger partial charge in [-0.2, -0.15) is 0 Å². The number of aryl methyl sites for hydroxylation is 1. The van der Waals surface area contributed by atoms with Crippen molar-refractivity contribution in [3.63, 3.8) is 0 Å². The molecule has 2 aromatic rings. The molecule has 1 saturated heterocycles. The quantitative estimate of drug-likeness (QED) is 0.713. The molecule has 3 nitrogen and oxygen atoms in total. The number of H-pyrrole nitrogens is 1. The van der Waals surface area contributed by atoms with E-state index in [0.717, 1.165) is 24.6 Å². The summed E-state index contributed by atoms with van der Waals surface area (Å²) < 4.78 is 0. The number of nitrogens with one attached hydrogen (secondary N) is 1. The molecule has 1 fully saturated rings. The van der Waals surface area contributed by atoms with Gasteiger partial charge in [0.25, 0.3) is 0 Å². The highest BCUT2D eigenvalue weighted by atomic mass is 15.1. The highest BCUT2D eigenvalue weighted by Gasteiger charge is 2.37. The molecular formula is C16H17N3. The number of hydrogen-bond donors (Lipinski definition) is 1. The Kier molecular flexibility index (Phi) is 2.24. The fourth-order valence-electron chi connectivity index (χ4n) is 3.98. The highest BCUT2D eigenvalue weighted by molar-refractivity contribution is 5.88. The van der Waals surface area contributed by atoms with Gasteiger partial charge >= 0.3 is 0 Å². The Morgan fingerprint density at radius 3 is 3.11 bits per heavy atom. The third-order valence-corrected chi connectivity index (χ3v) is 4.79. The van der Waals surface area contributed by atoms with Gasteiger partial charge in [0.1, 0.15) is 0 Å². The van der Waals surface area contributed by atoms with Crippen LogP contribution in [0.25, 0.3) is 15.7 Å². The van der Waals surface area contributed by atoms with Crippen LogP contribution in [-0.2, 0) is 6.42 Å². The number of aromatic amines is 1. The van der Waals surface area contributed by atoms with Crippen LogP contribution in [0, 0.1) is 12.5 Å². The van der Waals surface area contributed by atoms with E-state index in [1.165, 1.54) is 35.1 Å². The van der Waals surface area contributed by atoms with Crippen molar-refractivity contribution in [2.24, 2.45) is 5.92 Å². The van der Waals surface area contributed by atoms with Crippen molar-refractivity contribution in [2.75, 3.05) is 20.1 Å². The van der Waals surface area contributed by atoms with Crippen molar-refractivity contribution >= 4 is 16.6 Å². The maximum atomic E-state index is 7.20. The molecule has 0 saturated carbocycles. The van der Waals surface area contributed by atoms with Crippen LogP contribution in [0.15, 0.2) is 18.2 Å². The van der Waals surface area contributed by atoms with E-state index in [1.54, 1.807) is 0 Å². The normalized spacial score (nSPS) is 26.1. The van der Waals surface area contributed by atoms with Gasteiger partial charge in [-0.3, -0.25) is 0 Å². The molecule has 96 valence electrons.